The number of rotatable bonds is 10. The topological polar surface area (TPSA) is 300 Å². The molecule has 40 heavy (non-hydrogen) atoms. The van der Waals surface area contributed by atoms with E-state index in [-0.39, 0.29) is 17.0 Å². The number of fused-ring (bicyclic) bond motifs is 1. The van der Waals surface area contributed by atoms with E-state index in [9.17, 15) is 44.1 Å². The highest BCUT2D eigenvalue weighted by Crippen LogP contribution is 2.61. The number of nitrogens with zero attached hydrogens (tertiary/aromatic N) is 4. The van der Waals surface area contributed by atoms with Gasteiger partial charge in [-0.05, 0) is 6.92 Å². The van der Waals surface area contributed by atoms with E-state index in [1.54, 1.807) is 0 Å². The number of ether oxygens (including phenoxy) is 2. The minimum atomic E-state index is -5.38. The Morgan fingerprint density at radius 2 is 1.82 bits per heavy atom. The van der Waals surface area contributed by atoms with Gasteiger partial charge in [0, 0.05) is 6.92 Å². The van der Waals surface area contributed by atoms with Crippen LogP contribution in [0.15, 0.2) is 12.7 Å². The van der Waals surface area contributed by atoms with E-state index in [2.05, 4.69) is 29.1 Å². The summed E-state index contributed by atoms with van der Waals surface area (Å²) in [4.78, 5) is 43.1. The molecular weight excluding hydrogens is 586 g/mol. The van der Waals surface area contributed by atoms with Crippen LogP contribution in [0.4, 0.5) is 5.82 Å². The third-order valence-electron chi connectivity index (χ3n) is 6.16. The molecular formula is C18H28N6O14P2. The number of amides is 1. The lowest BCUT2D eigenvalue weighted by Crippen LogP contribution is -2.48. The van der Waals surface area contributed by atoms with Crippen molar-refractivity contribution in [1.29, 1.82) is 0 Å². The van der Waals surface area contributed by atoms with Crippen molar-refractivity contribution in [2.24, 2.45) is 0 Å². The van der Waals surface area contributed by atoms with Crippen molar-refractivity contribution in [2.45, 2.75) is 62.4 Å². The predicted molar refractivity (Wildman–Crippen MR) is 127 cm³/mol. The molecule has 0 bridgehead atoms. The first-order valence-corrected chi connectivity index (χ1v) is 14.4. The Labute approximate surface area is 224 Å². The van der Waals surface area contributed by atoms with Crippen LogP contribution in [0, 0.1) is 0 Å². The molecule has 6 unspecified atom stereocenters. The first-order chi connectivity index (χ1) is 18.5. The van der Waals surface area contributed by atoms with Crippen LogP contribution >= 0.6 is 15.6 Å². The van der Waals surface area contributed by atoms with Crippen molar-refractivity contribution in [3.05, 3.63) is 12.7 Å². The number of hydrogen-bond acceptors (Lipinski definition) is 16. The highest BCUT2D eigenvalue weighted by molar-refractivity contribution is 7.61. The number of aromatic nitrogens is 4. The van der Waals surface area contributed by atoms with Crippen LogP contribution in [-0.2, 0) is 36.8 Å². The standard InChI is InChI=1S/C18H28N6O14P2/c1-7(25)23-9-8(36-17(29)11(9)26)3-34-39(30,31)38-40(32,33)35-4-18(2)13(28)12(27)16(37-18)24-6-22-10-14(19)20-5-21-15(10)24/h5-6,8-9,11-13,16-17,26-29H,3-4H2,1-2H3,(H,23,25)(H,30,31)(H,32,33)(H2,19,20,21)/t8-,9+,11?,12?,13?,16-,17?,18-/m1/s1. The van der Waals surface area contributed by atoms with E-state index >= 15 is 0 Å². The fourth-order valence-corrected chi connectivity index (χ4v) is 6.36. The normalized spacial score (nSPS) is 35.5. The fourth-order valence-electron chi connectivity index (χ4n) is 4.18. The molecule has 0 saturated carbocycles. The molecule has 2 fully saturated rings. The van der Waals surface area contributed by atoms with E-state index < -0.39 is 83.3 Å². The fraction of sp³-hybridized carbons (Fsp3) is 0.667. The molecule has 22 heteroatoms. The summed E-state index contributed by atoms with van der Waals surface area (Å²) in [6.45, 7) is 0.555. The Kier molecular flexibility index (Phi) is 8.66. The summed E-state index contributed by atoms with van der Waals surface area (Å²) in [5.41, 5.74) is 4.26. The smallest absolute Gasteiger partial charge is 0.387 e. The number of nitrogen functional groups attached to an aromatic ring is 1. The molecule has 2 aliphatic heterocycles. The van der Waals surface area contributed by atoms with Gasteiger partial charge in [0.05, 0.1) is 25.6 Å². The van der Waals surface area contributed by atoms with Crippen molar-refractivity contribution in [3.8, 4) is 0 Å². The Bertz CT molecular complexity index is 1350. The zero-order chi connectivity index (χ0) is 29.6. The van der Waals surface area contributed by atoms with Crippen LogP contribution in [0.1, 0.15) is 20.1 Å². The van der Waals surface area contributed by atoms with Crippen LogP contribution in [-0.4, -0.2) is 111 Å². The van der Waals surface area contributed by atoms with Crippen LogP contribution in [0.3, 0.4) is 0 Å². The minimum Gasteiger partial charge on any atom is -0.387 e. The second-order valence-corrected chi connectivity index (χ2v) is 12.3. The Balaban J connectivity index is 1.38. The zero-order valence-corrected chi connectivity index (χ0v) is 22.6. The molecule has 0 aliphatic carbocycles. The molecule has 1 amide bonds. The summed E-state index contributed by atoms with van der Waals surface area (Å²) in [6, 6.07) is -1.24. The number of imidazole rings is 1. The van der Waals surface area contributed by atoms with Crippen LogP contribution in [0.5, 0.6) is 0 Å². The molecule has 2 aromatic heterocycles. The zero-order valence-electron chi connectivity index (χ0n) is 20.8. The summed E-state index contributed by atoms with van der Waals surface area (Å²) in [6.07, 6.45) is -6.92. The highest BCUT2D eigenvalue weighted by Gasteiger charge is 2.54. The SMILES string of the molecule is CC(=O)N[C@@H]1C(O)C(O)O[C@@H]1COP(=O)(O)OP(=O)(O)OC[C@@]1(C)O[C@@H](n2cnc3c(N)ncnc32)C(O)C1O. The van der Waals surface area contributed by atoms with Gasteiger partial charge in [-0.1, -0.05) is 0 Å². The van der Waals surface area contributed by atoms with Gasteiger partial charge in [0.2, 0.25) is 5.91 Å². The van der Waals surface area contributed by atoms with Crippen LogP contribution in [0.2, 0.25) is 0 Å². The Morgan fingerprint density at radius 1 is 1.15 bits per heavy atom. The Morgan fingerprint density at radius 3 is 2.50 bits per heavy atom. The quantitative estimate of drug-likeness (QED) is 0.126. The van der Waals surface area contributed by atoms with Gasteiger partial charge in [-0.2, -0.15) is 4.31 Å². The maximum Gasteiger partial charge on any atom is 0.481 e. The Hall–Kier alpha value is -2.16. The molecule has 10 atom stereocenters. The van der Waals surface area contributed by atoms with Gasteiger partial charge in [0.25, 0.3) is 0 Å². The van der Waals surface area contributed by atoms with Crippen molar-refractivity contribution in [2.75, 3.05) is 18.9 Å². The van der Waals surface area contributed by atoms with Gasteiger partial charge < -0.3 is 50.7 Å². The van der Waals surface area contributed by atoms with Crippen LogP contribution in [0.25, 0.3) is 11.2 Å². The van der Waals surface area contributed by atoms with E-state index in [0.29, 0.717) is 0 Å². The molecule has 0 aromatic carbocycles. The lowest BCUT2D eigenvalue weighted by atomic mass is 9.99. The van der Waals surface area contributed by atoms with Crippen molar-refractivity contribution >= 4 is 38.5 Å². The van der Waals surface area contributed by atoms with E-state index in [1.165, 1.54) is 17.8 Å². The molecule has 2 saturated heterocycles. The van der Waals surface area contributed by atoms with Gasteiger partial charge in [-0.25, -0.2) is 24.1 Å². The summed E-state index contributed by atoms with van der Waals surface area (Å²) in [5.74, 6) is -0.561. The lowest BCUT2D eigenvalue weighted by molar-refractivity contribution is -0.132. The van der Waals surface area contributed by atoms with Crippen molar-refractivity contribution in [3.63, 3.8) is 0 Å². The summed E-state index contributed by atoms with van der Waals surface area (Å²) < 4.78 is 50.3. The average molecular weight is 614 g/mol. The number of phosphoric acid groups is 2. The largest absolute Gasteiger partial charge is 0.481 e. The number of nitrogens with two attached hydrogens (primary N) is 1. The number of phosphoric ester groups is 2. The molecule has 9 N–H and O–H groups in total. The number of hydrogen-bond donors (Lipinski definition) is 8. The monoisotopic (exact) mass is 614 g/mol. The molecule has 0 spiro atoms. The predicted octanol–water partition coefficient (Wildman–Crippen LogP) is -2.75. The van der Waals surface area contributed by atoms with E-state index in [4.69, 9.17) is 19.7 Å². The highest BCUT2D eigenvalue weighted by atomic mass is 31.3. The van der Waals surface area contributed by atoms with E-state index in [0.717, 1.165) is 13.3 Å². The third-order valence-corrected chi connectivity index (χ3v) is 8.74. The minimum absolute atomic E-state index is 0.0504. The first-order valence-electron chi connectivity index (χ1n) is 11.5. The van der Waals surface area contributed by atoms with E-state index in [1.807, 2.05) is 0 Å². The molecule has 2 aliphatic rings. The first kappa shape index (κ1) is 30.8. The van der Waals surface area contributed by atoms with Gasteiger partial charge in [-0.15, -0.1) is 0 Å². The van der Waals surface area contributed by atoms with Crippen LogP contribution < -0.4 is 11.1 Å². The molecule has 4 rings (SSSR count). The van der Waals surface area contributed by atoms with Gasteiger partial charge in [-0.3, -0.25) is 18.4 Å². The molecule has 4 heterocycles. The second-order valence-electron chi connectivity index (χ2n) is 9.21. The molecule has 2 aromatic rings. The van der Waals surface area contributed by atoms with Crippen molar-refractivity contribution < 1.29 is 67.0 Å². The number of aliphatic hydroxyl groups excluding tert-OH is 4. The van der Waals surface area contributed by atoms with Gasteiger partial charge in [0.15, 0.2) is 24.0 Å². The molecule has 20 nitrogen and oxygen atoms in total. The summed E-state index contributed by atoms with van der Waals surface area (Å²) in [5, 5.41) is 43.0. The number of anilines is 1. The molecule has 224 valence electrons. The number of carbonyl (C=O) groups excluding carboxylic acids is 1. The number of nitrogens with one attached hydrogen (secondary N) is 1. The number of aliphatic hydroxyl groups is 4. The summed E-state index contributed by atoms with van der Waals surface area (Å²) in [7, 11) is -10.7. The van der Waals surface area contributed by atoms with Gasteiger partial charge >= 0.3 is 15.6 Å². The van der Waals surface area contributed by atoms with Crippen molar-refractivity contribution in [1.82, 2.24) is 24.8 Å². The average Bonchev–Trinajstić information content (AvgIpc) is 3.47. The third kappa shape index (κ3) is 6.34. The second kappa shape index (κ2) is 11.3. The van der Waals surface area contributed by atoms with Gasteiger partial charge in [0.1, 0.15) is 41.9 Å². The summed E-state index contributed by atoms with van der Waals surface area (Å²) >= 11 is 0. The molecule has 0 radical (unpaired) electrons. The number of carbonyl (C=O) groups is 1. The lowest BCUT2D eigenvalue weighted by Gasteiger charge is -2.28. The maximum atomic E-state index is 12.4. The maximum absolute atomic E-state index is 12.4.